The average molecular weight is 308 g/mol. The number of hydrogen-bond acceptors (Lipinski definition) is 2. The fourth-order valence-electron chi connectivity index (χ4n) is 2.35. The summed E-state index contributed by atoms with van der Waals surface area (Å²) in [5, 5.41) is 0. The first kappa shape index (κ1) is 15.1. The summed E-state index contributed by atoms with van der Waals surface area (Å²) in [6.07, 6.45) is -0.424. The number of benzene rings is 2. The first-order valence-corrected chi connectivity index (χ1v) is 7.02. The highest BCUT2D eigenvalue weighted by Gasteiger charge is 2.20. The van der Waals surface area contributed by atoms with Crippen molar-refractivity contribution >= 4 is 0 Å². The van der Waals surface area contributed by atoms with Gasteiger partial charge in [0.15, 0.2) is 23.7 Å². The van der Waals surface area contributed by atoms with Crippen LogP contribution in [-0.2, 0) is 9.47 Å². The normalized spacial score (nSPS) is 21.8. The van der Waals surface area contributed by atoms with Crippen molar-refractivity contribution in [2.45, 2.75) is 13.2 Å². The van der Waals surface area contributed by atoms with Crippen molar-refractivity contribution in [2.75, 3.05) is 13.2 Å². The Morgan fingerprint density at radius 3 is 1.95 bits per heavy atom. The smallest absolute Gasteiger partial charge is 0.194 e. The third kappa shape index (κ3) is 3.00. The fourth-order valence-corrected chi connectivity index (χ4v) is 2.35. The van der Waals surface area contributed by atoms with E-state index in [0.29, 0.717) is 24.7 Å². The maximum absolute atomic E-state index is 13.3. The first-order chi connectivity index (χ1) is 10.5. The van der Waals surface area contributed by atoms with Crippen molar-refractivity contribution < 1.29 is 22.6 Å². The van der Waals surface area contributed by atoms with E-state index in [4.69, 9.17) is 9.47 Å². The molecule has 1 aliphatic heterocycles. The Balaban J connectivity index is 1.82. The second-order valence-electron chi connectivity index (χ2n) is 5.48. The lowest BCUT2D eigenvalue weighted by Gasteiger charge is -2.27. The van der Waals surface area contributed by atoms with E-state index in [-0.39, 0.29) is 5.56 Å². The Hall–Kier alpha value is -1.85. The predicted molar refractivity (Wildman–Crippen MR) is 75.6 cm³/mol. The van der Waals surface area contributed by atoms with Gasteiger partial charge in [0.1, 0.15) is 0 Å². The van der Waals surface area contributed by atoms with E-state index in [1.54, 1.807) is 24.3 Å². The minimum atomic E-state index is -1.46. The van der Waals surface area contributed by atoms with E-state index >= 15 is 0 Å². The highest BCUT2D eigenvalue weighted by Crippen LogP contribution is 2.28. The highest BCUT2D eigenvalue weighted by molar-refractivity contribution is 5.64. The molecule has 0 aromatic heterocycles. The minimum Gasteiger partial charge on any atom is -0.348 e. The van der Waals surface area contributed by atoms with Crippen LogP contribution in [-0.4, -0.2) is 13.2 Å². The molecule has 0 atom stereocenters. The molecular formula is C17H15F3O2. The van der Waals surface area contributed by atoms with E-state index < -0.39 is 23.7 Å². The largest absolute Gasteiger partial charge is 0.348 e. The summed E-state index contributed by atoms with van der Waals surface area (Å²) >= 11 is 0. The summed E-state index contributed by atoms with van der Waals surface area (Å²) in [5.41, 5.74) is 1.70. The van der Waals surface area contributed by atoms with Crippen molar-refractivity contribution in [1.29, 1.82) is 0 Å². The molecular weight excluding hydrogens is 293 g/mol. The highest BCUT2D eigenvalue weighted by atomic mass is 19.2. The lowest BCUT2D eigenvalue weighted by Crippen LogP contribution is -2.24. The molecule has 0 spiro atoms. The summed E-state index contributed by atoms with van der Waals surface area (Å²) in [6.45, 7) is 3.29. The van der Waals surface area contributed by atoms with Crippen LogP contribution in [0.4, 0.5) is 13.2 Å². The van der Waals surface area contributed by atoms with Crippen LogP contribution in [0.2, 0.25) is 0 Å². The first-order valence-electron chi connectivity index (χ1n) is 7.02. The minimum absolute atomic E-state index is 0.280. The Bertz CT molecular complexity index is 639. The van der Waals surface area contributed by atoms with Crippen LogP contribution in [0.3, 0.4) is 0 Å². The van der Waals surface area contributed by atoms with E-state index in [9.17, 15) is 13.2 Å². The maximum Gasteiger partial charge on any atom is 0.194 e. The summed E-state index contributed by atoms with van der Waals surface area (Å²) in [4.78, 5) is 0. The number of halogens is 3. The predicted octanol–water partition coefficient (Wildman–Crippen LogP) is 4.45. The van der Waals surface area contributed by atoms with Gasteiger partial charge in [-0.1, -0.05) is 31.2 Å². The lowest BCUT2D eigenvalue weighted by molar-refractivity contribution is -0.202. The third-order valence-electron chi connectivity index (χ3n) is 3.56. The molecule has 0 saturated carbocycles. The molecule has 1 saturated heterocycles. The second-order valence-corrected chi connectivity index (χ2v) is 5.48. The molecule has 1 fully saturated rings. The Morgan fingerprint density at radius 1 is 0.864 bits per heavy atom. The van der Waals surface area contributed by atoms with Crippen molar-refractivity contribution in [3.63, 3.8) is 0 Å². The molecule has 1 aliphatic rings. The molecule has 0 unspecified atom stereocenters. The van der Waals surface area contributed by atoms with Crippen molar-refractivity contribution in [1.82, 2.24) is 0 Å². The van der Waals surface area contributed by atoms with Crippen LogP contribution >= 0.6 is 0 Å². The molecule has 5 heteroatoms. The van der Waals surface area contributed by atoms with Gasteiger partial charge >= 0.3 is 0 Å². The zero-order chi connectivity index (χ0) is 15.7. The number of hydrogen-bond donors (Lipinski definition) is 0. The van der Waals surface area contributed by atoms with Gasteiger partial charge in [0, 0.05) is 11.5 Å². The van der Waals surface area contributed by atoms with Gasteiger partial charge in [-0.25, -0.2) is 13.2 Å². The molecule has 0 aliphatic carbocycles. The third-order valence-corrected chi connectivity index (χ3v) is 3.56. The number of ether oxygens (including phenoxy) is 2. The van der Waals surface area contributed by atoms with E-state index in [2.05, 4.69) is 0 Å². The lowest BCUT2D eigenvalue weighted by atomic mass is 10.0. The molecule has 3 rings (SSSR count). The molecule has 0 N–H and O–H groups in total. The average Bonchev–Trinajstić information content (AvgIpc) is 2.53. The zero-order valence-corrected chi connectivity index (χ0v) is 12.0. The van der Waals surface area contributed by atoms with Crippen LogP contribution in [0.25, 0.3) is 11.1 Å². The van der Waals surface area contributed by atoms with Crippen LogP contribution in [0.15, 0.2) is 36.4 Å². The Morgan fingerprint density at radius 2 is 1.41 bits per heavy atom. The quantitative estimate of drug-likeness (QED) is 0.763. The maximum atomic E-state index is 13.3. The van der Waals surface area contributed by atoms with Gasteiger partial charge in [-0.2, -0.15) is 0 Å². The second kappa shape index (κ2) is 6.10. The van der Waals surface area contributed by atoms with E-state index in [1.165, 1.54) is 0 Å². The standard InChI is InChI=1S/C17H15F3O2/c1-10-8-21-17(22-9-10)12-4-2-11(3-5-12)13-6-14(18)16(20)15(19)7-13/h2-7,10,17H,8-9H2,1H3. The van der Waals surface area contributed by atoms with Crippen LogP contribution in [0, 0.1) is 23.4 Å². The SMILES string of the molecule is CC1COC(c2ccc(-c3cc(F)c(F)c(F)c3)cc2)OC1. The van der Waals surface area contributed by atoms with Crippen LogP contribution in [0.1, 0.15) is 18.8 Å². The summed E-state index contributed by atoms with van der Waals surface area (Å²) < 4.78 is 50.7. The molecule has 1 heterocycles. The van der Waals surface area contributed by atoms with Crippen molar-refractivity contribution in [3.05, 3.63) is 59.4 Å². The molecule has 0 amide bonds. The van der Waals surface area contributed by atoms with Crippen molar-refractivity contribution in [3.8, 4) is 11.1 Å². The van der Waals surface area contributed by atoms with Gasteiger partial charge in [0.25, 0.3) is 0 Å². The molecule has 0 radical (unpaired) electrons. The molecule has 22 heavy (non-hydrogen) atoms. The van der Waals surface area contributed by atoms with Gasteiger partial charge < -0.3 is 9.47 Å². The molecule has 2 nitrogen and oxygen atoms in total. The molecule has 0 bridgehead atoms. The zero-order valence-electron chi connectivity index (χ0n) is 12.0. The van der Waals surface area contributed by atoms with Crippen molar-refractivity contribution in [2.24, 2.45) is 5.92 Å². The van der Waals surface area contributed by atoms with Gasteiger partial charge in [0.2, 0.25) is 0 Å². The molecule has 2 aromatic carbocycles. The summed E-state index contributed by atoms with van der Waals surface area (Å²) in [5.74, 6) is -3.50. The monoisotopic (exact) mass is 308 g/mol. The Kier molecular flexibility index (Phi) is 4.18. The molecule has 116 valence electrons. The van der Waals surface area contributed by atoms with Gasteiger partial charge in [-0.3, -0.25) is 0 Å². The van der Waals surface area contributed by atoms with Crippen LogP contribution in [0.5, 0.6) is 0 Å². The Labute approximate surface area is 126 Å². The van der Waals surface area contributed by atoms with E-state index in [1.807, 2.05) is 6.92 Å². The summed E-state index contributed by atoms with van der Waals surface area (Å²) in [6, 6.07) is 8.90. The molecule has 2 aromatic rings. The summed E-state index contributed by atoms with van der Waals surface area (Å²) in [7, 11) is 0. The van der Waals surface area contributed by atoms with Gasteiger partial charge in [0.05, 0.1) is 13.2 Å². The van der Waals surface area contributed by atoms with Gasteiger partial charge in [-0.05, 0) is 23.3 Å². The van der Waals surface area contributed by atoms with Crippen LogP contribution < -0.4 is 0 Å². The van der Waals surface area contributed by atoms with Gasteiger partial charge in [-0.15, -0.1) is 0 Å². The topological polar surface area (TPSA) is 18.5 Å². The fraction of sp³-hybridized carbons (Fsp3) is 0.294. The van der Waals surface area contributed by atoms with E-state index in [0.717, 1.165) is 17.7 Å². The number of rotatable bonds is 2.